The molecule has 0 radical (unpaired) electrons. The van der Waals surface area contributed by atoms with E-state index >= 15 is 0 Å². The molecule has 4 heterocycles. The van der Waals surface area contributed by atoms with Crippen LogP contribution in [0.3, 0.4) is 0 Å². The fourth-order valence-electron chi connectivity index (χ4n) is 7.02. The van der Waals surface area contributed by atoms with E-state index in [1.807, 2.05) is 65.8 Å². The molecule has 4 aromatic rings. The van der Waals surface area contributed by atoms with Gasteiger partial charge in [-0.1, -0.05) is 44.2 Å². The van der Waals surface area contributed by atoms with E-state index in [4.69, 9.17) is 19.7 Å². The van der Waals surface area contributed by atoms with Gasteiger partial charge in [-0.2, -0.15) is 0 Å². The molecule has 46 heavy (non-hydrogen) atoms. The van der Waals surface area contributed by atoms with Crippen LogP contribution in [0, 0.1) is 26.2 Å². The fourth-order valence-corrected chi connectivity index (χ4v) is 7.02. The second-order valence-corrected chi connectivity index (χ2v) is 14.8. The number of hydrogen-bond donors (Lipinski definition) is 1. The van der Waals surface area contributed by atoms with Gasteiger partial charge in [-0.05, 0) is 95.0 Å². The summed E-state index contributed by atoms with van der Waals surface area (Å²) in [6.07, 6.45) is 1.80. The Morgan fingerprint density at radius 2 is 1.54 bits per heavy atom. The van der Waals surface area contributed by atoms with Crippen LogP contribution in [0.2, 0.25) is 0 Å². The Morgan fingerprint density at radius 3 is 2.20 bits per heavy atom. The summed E-state index contributed by atoms with van der Waals surface area (Å²) >= 11 is 0. The number of carboxylic acid groups (broad SMARTS) is 1. The summed E-state index contributed by atoms with van der Waals surface area (Å²) in [6, 6.07) is 14.7. The van der Waals surface area contributed by atoms with Crippen LogP contribution in [-0.4, -0.2) is 51.3 Å². The molecule has 242 valence electrons. The number of ether oxygens (including phenoxy) is 1. The molecule has 0 unspecified atom stereocenters. The fraction of sp³-hybridized carbons (Fsp3) is 0.474. The lowest BCUT2D eigenvalue weighted by atomic mass is 9.81. The van der Waals surface area contributed by atoms with Crippen LogP contribution in [0.4, 0.5) is 11.5 Å². The molecule has 1 N–H and O–H groups in total. The number of piperidine rings is 1. The minimum Gasteiger partial charge on any atom is -0.479 e. The number of aryl methyl sites for hydroxylation is 3. The minimum atomic E-state index is -1.13. The van der Waals surface area contributed by atoms with E-state index in [2.05, 4.69) is 41.8 Å². The van der Waals surface area contributed by atoms with Crippen LogP contribution in [0.25, 0.3) is 22.2 Å². The molecule has 8 nitrogen and oxygen atoms in total. The molecule has 1 fully saturated rings. The Hall–Kier alpha value is -4.04. The second kappa shape index (κ2) is 12.0. The van der Waals surface area contributed by atoms with Gasteiger partial charge in [-0.25, -0.2) is 14.8 Å². The number of carbonyl (C=O) groups is 1. The van der Waals surface area contributed by atoms with E-state index < -0.39 is 17.7 Å². The molecule has 2 aromatic carbocycles. The Balaban J connectivity index is 1.43. The van der Waals surface area contributed by atoms with Crippen molar-refractivity contribution < 1.29 is 14.6 Å². The topological polar surface area (TPSA) is 91.7 Å². The van der Waals surface area contributed by atoms with Gasteiger partial charge in [-0.15, -0.1) is 0 Å². The third-order valence-corrected chi connectivity index (χ3v) is 9.50. The van der Waals surface area contributed by atoms with E-state index in [0.29, 0.717) is 11.3 Å². The van der Waals surface area contributed by atoms with E-state index in [9.17, 15) is 9.90 Å². The van der Waals surface area contributed by atoms with Crippen LogP contribution >= 0.6 is 0 Å². The van der Waals surface area contributed by atoms with Gasteiger partial charge in [-0.3, -0.25) is 4.98 Å². The van der Waals surface area contributed by atoms with E-state index in [1.165, 1.54) is 11.1 Å². The maximum atomic E-state index is 12.9. The van der Waals surface area contributed by atoms with E-state index in [-0.39, 0.29) is 5.41 Å². The Bertz CT molecular complexity index is 1800. The highest BCUT2D eigenvalue weighted by Crippen LogP contribution is 2.45. The lowest BCUT2D eigenvalue weighted by molar-refractivity contribution is -0.160. The van der Waals surface area contributed by atoms with Crippen molar-refractivity contribution in [1.29, 1.82) is 0 Å². The first-order valence-electron chi connectivity index (χ1n) is 16.5. The number of aliphatic carboxylic acids is 1. The smallest absolute Gasteiger partial charge is 0.337 e. The molecule has 6 rings (SSSR count). The van der Waals surface area contributed by atoms with Gasteiger partial charge >= 0.3 is 5.97 Å². The third kappa shape index (κ3) is 6.32. The summed E-state index contributed by atoms with van der Waals surface area (Å²) in [7, 11) is 0. The Kier molecular flexibility index (Phi) is 8.30. The summed E-state index contributed by atoms with van der Waals surface area (Å²) in [4.78, 5) is 32.4. The number of benzene rings is 2. The predicted octanol–water partition coefficient (Wildman–Crippen LogP) is 7.75. The Morgan fingerprint density at radius 1 is 0.870 bits per heavy atom. The van der Waals surface area contributed by atoms with E-state index in [0.717, 1.165) is 90.5 Å². The van der Waals surface area contributed by atoms with Crippen LogP contribution in [0.15, 0.2) is 42.5 Å². The zero-order chi connectivity index (χ0) is 33.0. The van der Waals surface area contributed by atoms with Gasteiger partial charge in [0.05, 0.1) is 28.0 Å². The van der Waals surface area contributed by atoms with E-state index in [1.54, 1.807) is 0 Å². The zero-order valence-electron chi connectivity index (χ0n) is 28.6. The van der Waals surface area contributed by atoms with Gasteiger partial charge in [0.15, 0.2) is 11.9 Å². The first kappa shape index (κ1) is 31.9. The Labute approximate surface area is 272 Å². The molecule has 2 aliphatic rings. The number of para-hydroxylation sites is 2. The number of hydrogen-bond acceptors (Lipinski definition) is 7. The SMILES string of the molecule is Cc1nc2ccccc2nc1N1CCc2cc(-c3c(C)nc(C)c([C@H](OC(C)(C)C)C(=O)O)c3N3CCC(C)(C)CC3)ccc2C1. The van der Waals surface area contributed by atoms with Gasteiger partial charge in [0.1, 0.15) is 0 Å². The van der Waals surface area contributed by atoms with Crippen LogP contribution in [-0.2, 0) is 22.5 Å². The van der Waals surface area contributed by atoms with Gasteiger partial charge in [0.25, 0.3) is 0 Å². The van der Waals surface area contributed by atoms with Crippen molar-refractivity contribution in [2.75, 3.05) is 29.4 Å². The summed E-state index contributed by atoms with van der Waals surface area (Å²) in [5.74, 6) is -0.0589. The molecule has 8 heteroatoms. The number of nitrogens with zero attached hydrogens (tertiary/aromatic N) is 5. The van der Waals surface area contributed by atoms with Gasteiger partial charge in [0, 0.05) is 48.7 Å². The molecular formula is C38H47N5O3. The van der Waals surface area contributed by atoms with Gasteiger partial charge in [0.2, 0.25) is 0 Å². The number of fused-ring (bicyclic) bond motifs is 2. The second-order valence-electron chi connectivity index (χ2n) is 14.8. The molecular weight excluding hydrogens is 574 g/mol. The van der Waals surface area contributed by atoms with Crippen molar-refractivity contribution in [2.24, 2.45) is 5.41 Å². The lowest BCUT2D eigenvalue weighted by Gasteiger charge is -2.41. The van der Waals surface area contributed by atoms with Crippen LogP contribution in [0.1, 0.15) is 87.3 Å². The highest BCUT2D eigenvalue weighted by molar-refractivity contribution is 5.88. The molecule has 1 atom stereocenters. The molecule has 0 amide bonds. The summed E-state index contributed by atoms with van der Waals surface area (Å²) in [5.41, 5.74) is 10.2. The number of pyridine rings is 1. The number of aromatic nitrogens is 3. The number of carboxylic acids is 1. The predicted molar refractivity (Wildman–Crippen MR) is 185 cm³/mol. The summed E-state index contributed by atoms with van der Waals surface area (Å²) in [5, 5.41) is 10.5. The molecule has 0 aliphatic carbocycles. The third-order valence-electron chi connectivity index (χ3n) is 9.50. The molecule has 1 saturated heterocycles. The van der Waals surface area contributed by atoms with Crippen molar-refractivity contribution in [3.8, 4) is 11.1 Å². The summed E-state index contributed by atoms with van der Waals surface area (Å²) < 4.78 is 6.27. The monoisotopic (exact) mass is 621 g/mol. The minimum absolute atomic E-state index is 0.244. The van der Waals surface area contributed by atoms with Crippen molar-refractivity contribution in [3.05, 3.63) is 76.2 Å². The molecule has 0 saturated carbocycles. The first-order valence-corrected chi connectivity index (χ1v) is 16.5. The van der Waals surface area contributed by atoms with Gasteiger partial charge < -0.3 is 19.6 Å². The molecule has 2 aromatic heterocycles. The molecule has 2 aliphatic heterocycles. The molecule has 0 spiro atoms. The van der Waals surface area contributed by atoms with Crippen molar-refractivity contribution in [3.63, 3.8) is 0 Å². The average molecular weight is 622 g/mol. The van der Waals surface area contributed by atoms with Crippen LogP contribution < -0.4 is 9.80 Å². The average Bonchev–Trinajstić information content (AvgIpc) is 2.98. The highest BCUT2D eigenvalue weighted by Gasteiger charge is 2.36. The summed E-state index contributed by atoms with van der Waals surface area (Å²) in [6.45, 7) is 19.7. The normalized spacial score (nSPS) is 17.2. The molecule has 0 bridgehead atoms. The maximum Gasteiger partial charge on any atom is 0.337 e. The lowest BCUT2D eigenvalue weighted by Crippen LogP contribution is -2.39. The zero-order valence-corrected chi connectivity index (χ0v) is 28.6. The largest absolute Gasteiger partial charge is 0.479 e. The number of rotatable bonds is 6. The maximum absolute atomic E-state index is 12.9. The quantitative estimate of drug-likeness (QED) is 0.234. The van der Waals surface area contributed by atoms with Crippen molar-refractivity contribution in [2.45, 2.75) is 92.9 Å². The van der Waals surface area contributed by atoms with Crippen molar-refractivity contribution in [1.82, 2.24) is 15.0 Å². The highest BCUT2D eigenvalue weighted by atomic mass is 16.5. The number of anilines is 2. The standard InChI is InChI=1S/C38H47N5O3/c1-23-31(33(42-19-16-38(7,8)17-20-42)32(24(2)39-23)34(36(44)45)46-37(4,5)6)27-13-14-28-22-43(18-15-26(28)21-27)35-25(3)40-29-11-9-10-12-30(29)41-35/h9-14,21,34H,15-20,22H2,1-8H3,(H,44,45)/t34-/m0/s1. The first-order chi connectivity index (χ1) is 21.7. The van der Waals surface area contributed by atoms with Crippen molar-refractivity contribution >= 4 is 28.5 Å². The van der Waals surface area contributed by atoms with Crippen LogP contribution in [0.5, 0.6) is 0 Å².